The van der Waals surface area contributed by atoms with Gasteiger partial charge in [0, 0.05) is 59.6 Å². The molecule has 0 spiro atoms. The van der Waals surface area contributed by atoms with Gasteiger partial charge in [-0.25, -0.2) is 8.42 Å². The molecule has 0 atom stereocenters. The first-order valence-corrected chi connectivity index (χ1v) is 16.1. The van der Waals surface area contributed by atoms with Crippen LogP contribution in [0.4, 0.5) is 11.4 Å². The van der Waals surface area contributed by atoms with E-state index in [1.165, 1.54) is 22.5 Å². The van der Waals surface area contributed by atoms with Gasteiger partial charge in [-0.15, -0.1) is 0 Å². The lowest BCUT2D eigenvalue weighted by Gasteiger charge is -2.27. The summed E-state index contributed by atoms with van der Waals surface area (Å²) in [7, 11) is -4.22. The maximum absolute atomic E-state index is 11.1. The summed E-state index contributed by atoms with van der Waals surface area (Å²) in [6, 6.07) is 16.8. The first-order chi connectivity index (χ1) is 19.3. The first-order valence-electron chi connectivity index (χ1n) is 14.5. The maximum atomic E-state index is 11.1. The quantitative estimate of drug-likeness (QED) is 0.171. The van der Waals surface area contributed by atoms with Gasteiger partial charge >= 0.3 is 5.97 Å². The Balaban J connectivity index is 1.63. The van der Waals surface area contributed by atoms with Crippen molar-refractivity contribution in [3.8, 4) is 0 Å². The molecule has 1 N–H and O–H groups in total. The van der Waals surface area contributed by atoms with E-state index in [0.29, 0.717) is 25.8 Å². The van der Waals surface area contributed by atoms with E-state index >= 15 is 0 Å². The first kappa shape index (κ1) is 30.7. The Labute approximate surface area is 244 Å². The standard InChI is InChI=1S/C33H42N2O5S/c1-32(2)25-15-7-9-17-27(25)34(22-11-5-6-21-31(36)37)29(32)19-14-20-30-33(3,4)26-16-8-10-18-28(26)35(30)23-12-13-24-41(38,39)40/h7-10,14-20H,5-6,11-13,21-24H2,1-4H3,(H-,36,37,38,39,40). The van der Waals surface area contributed by atoms with Crippen molar-refractivity contribution in [2.45, 2.75) is 77.0 Å². The molecule has 41 heavy (non-hydrogen) atoms. The van der Waals surface area contributed by atoms with Crippen LogP contribution in [0.1, 0.15) is 77.3 Å². The van der Waals surface area contributed by atoms with E-state index in [1.807, 2.05) is 12.1 Å². The monoisotopic (exact) mass is 578 g/mol. The number of carboxylic acid groups (broad SMARTS) is 1. The second-order valence-electron chi connectivity index (χ2n) is 12.1. The number of fused-ring (bicyclic) bond motifs is 2. The molecular formula is C33H42N2O5S. The number of hydrogen-bond donors (Lipinski definition) is 1. The molecule has 0 aromatic heterocycles. The van der Waals surface area contributed by atoms with Crippen molar-refractivity contribution < 1.29 is 27.4 Å². The summed E-state index contributed by atoms with van der Waals surface area (Å²) < 4.78 is 35.8. The van der Waals surface area contributed by atoms with Crippen LogP contribution >= 0.6 is 0 Å². The van der Waals surface area contributed by atoms with Crippen LogP contribution in [-0.4, -0.2) is 53.2 Å². The van der Waals surface area contributed by atoms with Crippen LogP contribution in [0.2, 0.25) is 0 Å². The Bertz CT molecular complexity index is 1480. The number of carbonyl (C=O) groups is 1. The zero-order valence-corrected chi connectivity index (χ0v) is 25.4. The van der Waals surface area contributed by atoms with Crippen molar-refractivity contribution >= 4 is 33.2 Å². The molecule has 0 saturated carbocycles. The number of para-hydroxylation sites is 2. The fraction of sp³-hybridized carbons (Fsp3) is 0.455. The van der Waals surface area contributed by atoms with Crippen LogP contribution < -0.4 is 4.90 Å². The minimum Gasteiger partial charge on any atom is -0.748 e. The lowest BCUT2D eigenvalue weighted by atomic mass is 9.81. The van der Waals surface area contributed by atoms with E-state index in [1.54, 1.807) is 0 Å². The Hall–Kier alpha value is -3.23. The third kappa shape index (κ3) is 6.81. The fourth-order valence-corrected chi connectivity index (χ4v) is 6.82. The van der Waals surface area contributed by atoms with Crippen molar-refractivity contribution in [3.63, 3.8) is 0 Å². The van der Waals surface area contributed by atoms with Crippen molar-refractivity contribution in [1.29, 1.82) is 0 Å². The number of aliphatic carboxylic acids is 1. The molecule has 2 aromatic carbocycles. The number of anilines is 1. The molecule has 0 saturated heterocycles. The third-order valence-corrected chi connectivity index (χ3v) is 9.19. The van der Waals surface area contributed by atoms with Gasteiger partial charge in [-0.2, -0.15) is 4.58 Å². The van der Waals surface area contributed by atoms with Crippen molar-refractivity contribution in [2.24, 2.45) is 0 Å². The number of hydrogen-bond acceptors (Lipinski definition) is 5. The van der Waals surface area contributed by atoms with Gasteiger partial charge in [0.25, 0.3) is 0 Å². The fourth-order valence-electron chi connectivity index (χ4n) is 6.27. The summed E-state index contributed by atoms with van der Waals surface area (Å²) in [6.07, 6.45) is 10.1. The van der Waals surface area contributed by atoms with Crippen LogP contribution in [0.15, 0.2) is 72.5 Å². The number of nitrogens with zero attached hydrogens (tertiary/aromatic N) is 2. The van der Waals surface area contributed by atoms with Gasteiger partial charge in [-0.05, 0) is 57.2 Å². The van der Waals surface area contributed by atoms with Gasteiger partial charge < -0.3 is 14.6 Å². The van der Waals surface area contributed by atoms with Gasteiger partial charge in [-0.3, -0.25) is 4.79 Å². The van der Waals surface area contributed by atoms with E-state index in [0.717, 1.165) is 30.8 Å². The van der Waals surface area contributed by atoms with Crippen LogP contribution in [0.5, 0.6) is 0 Å². The van der Waals surface area contributed by atoms with Gasteiger partial charge in [0.2, 0.25) is 5.69 Å². The third-order valence-electron chi connectivity index (χ3n) is 8.41. The number of benzene rings is 2. The molecule has 0 aliphatic carbocycles. The topological polar surface area (TPSA) is 101 Å². The average molecular weight is 579 g/mol. The second-order valence-corrected chi connectivity index (χ2v) is 13.6. The lowest BCUT2D eigenvalue weighted by molar-refractivity contribution is -0.438. The normalized spacial score (nSPS) is 18.4. The molecule has 0 amide bonds. The molecular weight excluding hydrogens is 536 g/mol. The van der Waals surface area contributed by atoms with Crippen LogP contribution in [0.25, 0.3) is 0 Å². The molecule has 8 heteroatoms. The number of rotatable bonds is 13. The Morgan fingerprint density at radius 1 is 0.927 bits per heavy atom. The highest BCUT2D eigenvalue weighted by Crippen LogP contribution is 2.47. The largest absolute Gasteiger partial charge is 0.748 e. The molecule has 7 nitrogen and oxygen atoms in total. The maximum Gasteiger partial charge on any atom is 0.303 e. The SMILES string of the molecule is CC1(C)C(/C=C/C=C2/N(CCCCS(=O)(=O)[O-])c3ccccc3C2(C)C)=[N+](CCCCCC(=O)O)c2ccccc21. The van der Waals surface area contributed by atoms with E-state index in [9.17, 15) is 17.8 Å². The van der Waals surface area contributed by atoms with Crippen LogP contribution in [0.3, 0.4) is 0 Å². The van der Waals surface area contributed by atoms with Gasteiger partial charge in [0.15, 0.2) is 5.71 Å². The van der Waals surface area contributed by atoms with E-state index in [-0.39, 0.29) is 23.0 Å². The molecule has 2 heterocycles. The molecule has 220 valence electrons. The molecule has 4 rings (SSSR count). The van der Waals surface area contributed by atoms with Crippen LogP contribution in [0, 0.1) is 0 Å². The Morgan fingerprint density at radius 3 is 2.32 bits per heavy atom. The van der Waals surface area contributed by atoms with Crippen molar-refractivity contribution in [1.82, 2.24) is 0 Å². The van der Waals surface area contributed by atoms with Crippen LogP contribution in [-0.2, 0) is 25.7 Å². The lowest BCUT2D eigenvalue weighted by Crippen LogP contribution is -2.28. The molecule has 0 bridgehead atoms. The molecule has 0 unspecified atom stereocenters. The second kappa shape index (κ2) is 12.3. The minimum atomic E-state index is -4.22. The minimum absolute atomic E-state index is 0.190. The summed E-state index contributed by atoms with van der Waals surface area (Å²) in [5.41, 5.74) is 6.72. The van der Waals surface area contributed by atoms with E-state index < -0.39 is 16.1 Å². The van der Waals surface area contributed by atoms with Crippen molar-refractivity contribution in [2.75, 3.05) is 23.7 Å². The predicted octanol–water partition coefficient (Wildman–Crippen LogP) is 6.27. The molecule has 2 aromatic rings. The molecule has 2 aliphatic heterocycles. The summed E-state index contributed by atoms with van der Waals surface area (Å²) in [5.74, 6) is -1.09. The average Bonchev–Trinajstić information content (AvgIpc) is 3.25. The zero-order chi connectivity index (χ0) is 29.8. The van der Waals surface area contributed by atoms with E-state index in [2.05, 4.69) is 91.8 Å². The summed E-state index contributed by atoms with van der Waals surface area (Å²) in [6.45, 7) is 10.4. The van der Waals surface area contributed by atoms with Crippen molar-refractivity contribution in [3.05, 3.63) is 83.6 Å². The zero-order valence-electron chi connectivity index (χ0n) is 24.6. The van der Waals surface area contributed by atoms with E-state index in [4.69, 9.17) is 5.11 Å². The number of carboxylic acids is 1. The highest BCUT2D eigenvalue weighted by molar-refractivity contribution is 7.85. The summed E-state index contributed by atoms with van der Waals surface area (Å²) in [4.78, 5) is 13.2. The number of allylic oxidation sites excluding steroid dienone is 4. The Kier molecular flexibility index (Phi) is 9.24. The summed E-state index contributed by atoms with van der Waals surface area (Å²) in [5, 5.41) is 8.99. The van der Waals surface area contributed by atoms with Gasteiger partial charge in [0.05, 0.1) is 15.5 Å². The van der Waals surface area contributed by atoms with Gasteiger partial charge in [-0.1, -0.05) is 56.3 Å². The molecule has 0 fully saturated rings. The highest BCUT2D eigenvalue weighted by atomic mass is 32.2. The Morgan fingerprint density at radius 2 is 1.61 bits per heavy atom. The summed E-state index contributed by atoms with van der Waals surface area (Å²) >= 11 is 0. The predicted molar refractivity (Wildman–Crippen MR) is 163 cm³/mol. The smallest absolute Gasteiger partial charge is 0.303 e. The molecule has 2 aliphatic rings. The van der Waals surface area contributed by atoms with Gasteiger partial charge in [0.1, 0.15) is 6.54 Å². The molecule has 0 radical (unpaired) electrons. The highest BCUT2D eigenvalue weighted by Gasteiger charge is 2.44. The number of unbranched alkanes of at least 4 members (excludes halogenated alkanes) is 3.